The van der Waals surface area contributed by atoms with Crippen LogP contribution in [0.2, 0.25) is 25.1 Å². The maximum absolute atomic E-state index is 15.3. The molecule has 29 heteroatoms. The number of amides is 1. The number of thiophene rings is 5. The summed E-state index contributed by atoms with van der Waals surface area (Å²) < 4.78 is 109. The minimum absolute atomic E-state index is 0. The van der Waals surface area contributed by atoms with Gasteiger partial charge in [-0.1, -0.05) is 71.5 Å². The number of hydrogen-bond donors (Lipinski definition) is 3. The first-order chi connectivity index (χ1) is 45.6. The Balaban J connectivity index is 0.000000165. The van der Waals surface area contributed by atoms with E-state index in [0.29, 0.717) is 85.5 Å². The van der Waals surface area contributed by atoms with Crippen LogP contribution in [0.4, 0.5) is 26.3 Å². The summed E-state index contributed by atoms with van der Waals surface area (Å²) in [7, 11) is 0. The molecular formula is C68H57Cl5F6N2O11S5. The van der Waals surface area contributed by atoms with Crippen LogP contribution in [0.1, 0.15) is 70.1 Å². The van der Waals surface area contributed by atoms with Crippen LogP contribution in [0, 0.1) is 0 Å². The number of Topliss-reactive ketones (excluding diaryl/α,β-unsaturated/α-hetero) is 1. The van der Waals surface area contributed by atoms with Gasteiger partial charge in [-0.05, 0) is 211 Å². The van der Waals surface area contributed by atoms with Crippen molar-refractivity contribution in [1.82, 2.24) is 10.2 Å². The number of esters is 2. The van der Waals surface area contributed by atoms with Crippen molar-refractivity contribution in [3.8, 4) is 11.5 Å². The van der Waals surface area contributed by atoms with Crippen molar-refractivity contribution < 1.29 is 79.5 Å². The lowest BCUT2D eigenvalue weighted by Crippen LogP contribution is -2.50. The van der Waals surface area contributed by atoms with Gasteiger partial charge in [0.25, 0.3) is 11.7 Å². The molecule has 512 valence electrons. The summed E-state index contributed by atoms with van der Waals surface area (Å²) in [4.78, 5) is 58.7. The van der Waals surface area contributed by atoms with Crippen LogP contribution in [-0.4, -0.2) is 96.8 Å². The van der Waals surface area contributed by atoms with Crippen molar-refractivity contribution in [1.29, 1.82) is 0 Å². The van der Waals surface area contributed by atoms with Crippen LogP contribution in [-0.2, 0) is 46.4 Å². The summed E-state index contributed by atoms with van der Waals surface area (Å²) in [6.07, 6.45) is 0.759. The lowest BCUT2D eigenvalue weighted by Gasteiger charge is -2.30. The Labute approximate surface area is 596 Å². The number of ether oxygens (including phenoxy) is 4. The van der Waals surface area contributed by atoms with Gasteiger partial charge in [-0.2, -0.15) is 26.3 Å². The maximum Gasteiger partial charge on any atom is 0.382 e. The Morgan fingerprint density at radius 2 is 0.990 bits per heavy atom. The summed E-state index contributed by atoms with van der Waals surface area (Å²) in [6, 6.07) is 37.1. The summed E-state index contributed by atoms with van der Waals surface area (Å²) in [5.41, 5.74) is 0.457. The predicted octanol–water partition coefficient (Wildman–Crippen LogP) is 20.2. The van der Waals surface area contributed by atoms with Crippen LogP contribution < -0.4 is 14.8 Å². The smallest absolute Gasteiger partial charge is 0.382 e. The third-order valence-corrected chi connectivity index (χ3v) is 21.0. The SMILES string of the molecule is C.CCOC(=O)C(=O)c1cc2cc(Cl)ccc2s1.CCOC(=O)C(F)(F)c1cc2cc(Cl)ccc2s1.Clc1ccc2sccc2c1.O=C(N[C@H](CN1CCCC1)[C@H](O)c1ccc2c(c1)OCCO2)C(F)(F)c1cc2cc(Cl)ccc2s1.O=C(O)C(F)(F)c1cc2cc(Cl)ccc2s1. The van der Waals surface area contributed by atoms with Crippen molar-refractivity contribution in [2.75, 3.05) is 46.1 Å². The Morgan fingerprint density at radius 3 is 1.48 bits per heavy atom. The summed E-state index contributed by atoms with van der Waals surface area (Å²) in [5, 5.41) is 30.6. The number of ketones is 1. The molecule has 7 heterocycles. The molecule has 2 atom stereocenters. The molecule has 6 aromatic carbocycles. The van der Waals surface area contributed by atoms with E-state index < -0.39 is 64.4 Å². The highest BCUT2D eigenvalue weighted by Crippen LogP contribution is 2.42. The highest BCUT2D eigenvalue weighted by Gasteiger charge is 2.46. The topological polar surface area (TPSA) is 178 Å². The Kier molecular flexibility index (Phi) is 26.2. The molecule has 1 amide bonds. The van der Waals surface area contributed by atoms with Crippen molar-refractivity contribution in [3.63, 3.8) is 0 Å². The fourth-order valence-corrected chi connectivity index (χ4v) is 15.3. The van der Waals surface area contributed by atoms with E-state index in [0.717, 1.165) is 81.1 Å². The molecule has 3 N–H and O–H groups in total. The van der Waals surface area contributed by atoms with E-state index >= 15 is 8.78 Å². The van der Waals surface area contributed by atoms with Crippen LogP contribution in [0.3, 0.4) is 0 Å². The third-order valence-electron chi connectivity index (χ3n) is 14.3. The number of carboxylic acid groups (broad SMARTS) is 1. The van der Waals surface area contributed by atoms with Crippen LogP contribution >= 0.6 is 115 Å². The van der Waals surface area contributed by atoms with Gasteiger partial charge < -0.3 is 39.4 Å². The largest absolute Gasteiger partial charge is 0.486 e. The summed E-state index contributed by atoms with van der Waals surface area (Å²) in [5.74, 6) is -16.7. The van der Waals surface area contributed by atoms with Crippen LogP contribution in [0.15, 0.2) is 145 Å². The van der Waals surface area contributed by atoms with Gasteiger partial charge >= 0.3 is 35.7 Å². The number of fused-ring (bicyclic) bond motifs is 6. The zero-order valence-corrected chi connectivity index (χ0v) is 58.0. The first-order valence-corrected chi connectivity index (χ1v) is 35.0. The van der Waals surface area contributed by atoms with Gasteiger partial charge in [0.2, 0.25) is 0 Å². The lowest BCUT2D eigenvalue weighted by atomic mass is 10.0. The summed E-state index contributed by atoms with van der Waals surface area (Å²) in [6.45, 7) is 5.90. The number of aliphatic carboxylic acids is 1. The average Bonchev–Trinajstić information content (AvgIpc) is 1.72. The standard InChI is InChI=1S/C25H25ClF2N2O4S.C12H9ClF2O2S.C12H9ClO3S.C10H5ClF2O2S.C8H5ClS.CH4/c26-17-4-6-21-16(11-17)13-22(35-21)25(27,28)24(32)29-18(14-30-7-1-2-8-30)23(31)15-3-5-19-20(12-15)34-10-9-33-19;1-2-17-11(16)12(14,15)10-6-7-5-8(13)3-4-9(7)18-10;1-2-16-12(15)11(14)10-6-7-5-8(13)3-4-9(7)17-10;11-6-1-2-7-5(3-6)4-8(16-7)10(12,13)9(14)15;9-7-1-2-8-6(5-7)3-4-10-8;/h3-6,11-13,18,23,31H,1-2,7-10,14H2,(H,29,32);3-6H,2H2,1H3;3-6H,2H2,1H3;1-4H,(H,14,15);1-5H;1H4/t18-,23-;;;;;/m1...../s1. The molecule has 97 heavy (non-hydrogen) atoms. The molecule has 0 aliphatic carbocycles. The molecule has 0 spiro atoms. The number of alkyl halides is 6. The normalized spacial score (nSPS) is 13.5. The highest BCUT2D eigenvalue weighted by molar-refractivity contribution is 7.21. The van der Waals surface area contributed by atoms with E-state index in [9.17, 15) is 46.6 Å². The van der Waals surface area contributed by atoms with E-state index in [2.05, 4.69) is 31.1 Å². The molecule has 11 aromatic rings. The second kappa shape index (κ2) is 33.4. The predicted molar refractivity (Wildman–Crippen MR) is 378 cm³/mol. The fourth-order valence-electron chi connectivity index (χ4n) is 9.61. The first-order valence-electron chi connectivity index (χ1n) is 28.9. The molecule has 0 saturated carbocycles. The molecule has 2 aliphatic rings. The number of benzene rings is 6. The monoisotopic (exact) mass is 1530 g/mol. The van der Waals surface area contributed by atoms with E-state index in [-0.39, 0.29) is 36.9 Å². The van der Waals surface area contributed by atoms with Gasteiger partial charge in [-0.25, -0.2) is 14.4 Å². The van der Waals surface area contributed by atoms with Crippen molar-refractivity contribution in [3.05, 3.63) is 195 Å². The van der Waals surface area contributed by atoms with E-state index in [1.807, 2.05) is 24.3 Å². The molecule has 0 unspecified atom stereocenters. The number of carbonyl (C=O) groups is 5. The number of aliphatic hydroxyl groups excluding tert-OH is 1. The van der Waals surface area contributed by atoms with Gasteiger partial charge in [0, 0.05) is 55.2 Å². The molecule has 13 rings (SSSR count). The molecule has 2 aliphatic heterocycles. The molecule has 13 nitrogen and oxygen atoms in total. The first kappa shape index (κ1) is 76.0. The molecule has 0 radical (unpaired) electrons. The number of carbonyl (C=O) groups excluding carboxylic acids is 4. The highest BCUT2D eigenvalue weighted by atomic mass is 35.5. The number of carboxylic acids is 1. The zero-order valence-electron chi connectivity index (χ0n) is 50.1. The Bertz CT molecular complexity index is 4630. The van der Waals surface area contributed by atoms with Crippen molar-refractivity contribution in [2.24, 2.45) is 0 Å². The minimum Gasteiger partial charge on any atom is -0.486 e. The number of halogens is 11. The van der Waals surface area contributed by atoms with E-state index in [1.54, 1.807) is 103 Å². The number of rotatable bonds is 15. The van der Waals surface area contributed by atoms with Crippen molar-refractivity contribution in [2.45, 2.75) is 64.0 Å². The average molecular weight is 1530 g/mol. The second-order valence-electron chi connectivity index (χ2n) is 21.0. The Hall–Kier alpha value is -6.78. The van der Waals surface area contributed by atoms with Gasteiger partial charge in [-0.3, -0.25) is 9.59 Å². The van der Waals surface area contributed by atoms with Gasteiger partial charge in [0.15, 0.2) is 11.5 Å². The minimum atomic E-state index is -3.85. The number of aliphatic hydroxyl groups is 1. The third kappa shape index (κ3) is 19.0. The zero-order chi connectivity index (χ0) is 69.2. The number of nitrogens with one attached hydrogen (secondary N) is 1. The van der Waals surface area contributed by atoms with Gasteiger partial charge in [0.1, 0.15) is 19.3 Å². The Morgan fingerprint density at radius 1 is 0.546 bits per heavy atom. The van der Waals surface area contributed by atoms with Crippen LogP contribution in [0.25, 0.3) is 50.4 Å². The van der Waals surface area contributed by atoms with Crippen molar-refractivity contribution >= 4 is 195 Å². The number of hydrogen-bond acceptors (Lipinski definition) is 16. The van der Waals surface area contributed by atoms with Gasteiger partial charge in [0.05, 0.1) is 38.8 Å². The molecule has 1 fully saturated rings. The quantitative estimate of drug-likeness (QED) is 0.0384. The summed E-state index contributed by atoms with van der Waals surface area (Å²) >= 11 is 34.5. The van der Waals surface area contributed by atoms with Crippen LogP contribution in [0.5, 0.6) is 11.5 Å². The van der Waals surface area contributed by atoms with Gasteiger partial charge in [-0.15, -0.1) is 56.7 Å². The molecule has 1 saturated heterocycles. The number of likely N-dealkylation sites (tertiary alicyclic amines) is 1. The maximum atomic E-state index is 15.3. The van der Waals surface area contributed by atoms with E-state index in [4.69, 9.17) is 72.6 Å². The second-order valence-corrected chi connectivity index (χ2v) is 28.5. The molecule has 5 aromatic heterocycles. The van der Waals surface area contributed by atoms with E-state index in [1.165, 1.54) is 46.5 Å². The number of nitrogens with zero attached hydrogens (tertiary/aromatic N) is 1. The molecule has 0 bridgehead atoms. The molecular weight excluding hydrogens is 1470 g/mol. The lowest BCUT2D eigenvalue weighted by molar-refractivity contribution is -0.172. The fraction of sp³-hybridized carbons (Fsp3) is 0.250.